The number of carbonyl (C=O) groups is 6. The second-order valence-electron chi connectivity index (χ2n) is 9.18. The maximum absolute atomic E-state index is 12.0. The van der Waals surface area contributed by atoms with E-state index in [-0.39, 0.29) is 218 Å². The van der Waals surface area contributed by atoms with Crippen molar-refractivity contribution in [3.63, 3.8) is 0 Å². The fourth-order valence-electron chi connectivity index (χ4n) is 3.50. The minimum Gasteiger partial charge on any atom is -0.651 e. The van der Waals surface area contributed by atoms with E-state index < -0.39 is 18.2 Å². The number of nitrogens with zero attached hydrogens (tertiary/aromatic N) is 4. The SMILES string of the molecule is CC(C=O)CCCCNC(=O)[N-]CCCOCC[N-]C(=O)CC(=O)[N-]c1ccc(CC(=O)N2CCC2=O)cc1.[Rb+].[Rb+].[Rb+]. The summed E-state index contributed by atoms with van der Waals surface area (Å²) in [5, 5.41) is 14.2. The van der Waals surface area contributed by atoms with Crippen LogP contribution in [0.3, 0.4) is 0 Å². The third-order valence-corrected chi connectivity index (χ3v) is 5.82. The number of carbonyl (C=O) groups excluding carboxylic acids is 6. The Morgan fingerprint density at radius 1 is 0.976 bits per heavy atom. The number of amides is 6. The molecule has 0 aromatic heterocycles. The molecule has 6 amide bonds. The first-order valence-corrected chi connectivity index (χ1v) is 13.1. The van der Waals surface area contributed by atoms with Crippen LogP contribution in [0.4, 0.5) is 10.5 Å². The van der Waals surface area contributed by atoms with Crippen LogP contribution >= 0.6 is 0 Å². The average molecular weight is 799 g/mol. The summed E-state index contributed by atoms with van der Waals surface area (Å²) in [7, 11) is 0. The predicted molar refractivity (Wildman–Crippen MR) is 143 cm³/mol. The molecule has 1 saturated heterocycles. The Morgan fingerprint density at radius 3 is 2.31 bits per heavy atom. The summed E-state index contributed by atoms with van der Waals surface area (Å²) < 4.78 is 5.36. The van der Waals surface area contributed by atoms with Crippen molar-refractivity contribution in [3.8, 4) is 0 Å². The molecular weight excluding hydrogens is 763 g/mol. The van der Waals surface area contributed by atoms with E-state index in [0.717, 1.165) is 25.5 Å². The number of nitrogens with one attached hydrogen (secondary N) is 1. The van der Waals surface area contributed by atoms with Crippen LogP contribution in [0.2, 0.25) is 0 Å². The van der Waals surface area contributed by atoms with Gasteiger partial charge in [0.2, 0.25) is 11.8 Å². The van der Waals surface area contributed by atoms with Gasteiger partial charge in [0.25, 0.3) is 0 Å². The normalized spacial score (nSPS) is 12.2. The van der Waals surface area contributed by atoms with Crippen LogP contribution in [0.25, 0.3) is 16.0 Å². The van der Waals surface area contributed by atoms with E-state index in [1.807, 2.05) is 6.92 Å². The van der Waals surface area contributed by atoms with Gasteiger partial charge in [0.15, 0.2) is 6.03 Å². The van der Waals surface area contributed by atoms with Crippen LogP contribution in [0, 0.1) is 5.92 Å². The Morgan fingerprint density at radius 2 is 1.69 bits per heavy atom. The quantitative estimate of drug-likeness (QED) is 0.0669. The number of rotatable bonds is 18. The standard InChI is InChI=1S/C27H39N5O7.3Rb/c1-20(19-33)5-2-3-11-29-27(38)30-12-4-15-39-16-13-28-23(34)18-24(35)31-22-8-6-21(7-9-22)17-26(37)32-14-10-25(32)36;;;/h6-9,19-20H,2-5,10-18H2,1H3,(H4,28,29,30,31,34,35,38);;;/q;3*+1/p-3. The van der Waals surface area contributed by atoms with Gasteiger partial charge < -0.3 is 40.4 Å². The Labute approximate surface area is 394 Å². The van der Waals surface area contributed by atoms with Crippen molar-refractivity contribution in [3.05, 3.63) is 45.8 Å². The molecule has 0 radical (unpaired) electrons. The van der Waals surface area contributed by atoms with Gasteiger partial charge in [0.1, 0.15) is 6.29 Å². The van der Waals surface area contributed by atoms with Crippen LogP contribution < -0.4 is 180 Å². The summed E-state index contributed by atoms with van der Waals surface area (Å²) in [5.74, 6) is -1.61. The van der Waals surface area contributed by atoms with Crippen LogP contribution in [0.1, 0.15) is 51.0 Å². The van der Waals surface area contributed by atoms with Crippen LogP contribution in [0.5, 0.6) is 0 Å². The number of likely N-dealkylation sites (tertiary alicyclic amines) is 1. The smallest absolute Gasteiger partial charge is 0.651 e. The van der Waals surface area contributed by atoms with E-state index in [2.05, 4.69) is 21.3 Å². The molecular formula is C27H36N5O7Rb3. The third-order valence-electron chi connectivity index (χ3n) is 5.82. The summed E-state index contributed by atoms with van der Waals surface area (Å²) in [4.78, 5) is 70.6. The van der Waals surface area contributed by atoms with E-state index >= 15 is 0 Å². The monoisotopic (exact) mass is 797 g/mol. The van der Waals surface area contributed by atoms with Crippen LogP contribution in [-0.2, 0) is 35.1 Å². The maximum atomic E-state index is 12.0. The number of unbranched alkanes of at least 4 members (excludes halogenated alkanes) is 1. The molecule has 0 saturated carbocycles. The molecule has 1 N–H and O–H groups in total. The summed E-state index contributed by atoms with van der Waals surface area (Å²) in [5.41, 5.74) is 1.05. The van der Waals surface area contributed by atoms with E-state index in [9.17, 15) is 28.8 Å². The Kier molecular flexibility index (Phi) is 30.2. The summed E-state index contributed by atoms with van der Waals surface area (Å²) in [6, 6.07) is 6.07. The molecule has 214 valence electrons. The van der Waals surface area contributed by atoms with E-state index in [1.165, 1.54) is 4.90 Å². The molecule has 1 aliphatic heterocycles. The van der Waals surface area contributed by atoms with Crippen LogP contribution in [0.15, 0.2) is 24.3 Å². The van der Waals surface area contributed by atoms with Gasteiger partial charge in [-0.1, -0.05) is 50.6 Å². The van der Waals surface area contributed by atoms with Gasteiger partial charge in [0, 0.05) is 38.5 Å². The molecule has 0 spiro atoms. The maximum Gasteiger partial charge on any atom is 1.00 e. The number of hydrogen-bond acceptors (Lipinski definition) is 7. The van der Waals surface area contributed by atoms with E-state index in [1.54, 1.807) is 24.3 Å². The van der Waals surface area contributed by atoms with E-state index in [4.69, 9.17) is 4.74 Å². The average Bonchev–Trinajstić information content (AvgIpc) is 2.89. The molecule has 0 aliphatic carbocycles. The van der Waals surface area contributed by atoms with Crippen LogP contribution in [-0.4, -0.2) is 80.2 Å². The molecule has 0 bridgehead atoms. The van der Waals surface area contributed by atoms with Crippen molar-refractivity contribution < 1.29 is 208 Å². The molecule has 12 nitrogen and oxygen atoms in total. The van der Waals surface area contributed by atoms with Gasteiger partial charge in [-0.3, -0.25) is 19.3 Å². The Hall–Kier alpha value is 1.62. The molecule has 15 heteroatoms. The Balaban J connectivity index is 0. The molecule has 1 aromatic carbocycles. The predicted octanol–water partition coefficient (Wildman–Crippen LogP) is -5.68. The molecule has 1 aromatic rings. The molecule has 42 heavy (non-hydrogen) atoms. The fraction of sp³-hybridized carbons (Fsp3) is 0.556. The third kappa shape index (κ3) is 20.7. The number of ether oxygens (including phenoxy) is 1. The topological polar surface area (TPSA) is 169 Å². The number of urea groups is 1. The second kappa shape index (κ2) is 27.7. The molecule has 2 rings (SSSR count). The van der Waals surface area contributed by atoms with Crippen molar-refractivity contribution in [2.24, 2.45) is 5.92 Å². The number of aldehydes is 1. The fourth-order valence-corrected chi connectivity index (χ4v) is 3.50. The molecule has 1 fully saturated rings. The van der Waals surface area contributed by atoms with Gasteiger partial charge in [-0.25, -0.2) is 0 Å². The van der Waals surface area contributed by atoms with Crippen molar-refractivity contribution >= 4 is 41.6 Å². The van der Waals surface area contributed by atoms with Crippen molar-refractivity contribution in [1.29, 1.82) is 0 Å². The number of benzene rings is 1. The minimum absolute atomic E-state index is 0. The van der Waals surface area contributed by atoms with Gasteiger partial charge in [-0.2, -0.15) is 0 Å². The first-order chi connectivity index (χ1) is 18.8. The largest absolute Gasteiger partial charge is 1.00 e. The number of β-lactam (4-membered cyclic amide) rings is 1. The Bertz CT molecular complexity index is 999. The zero-order valence-electron chi connectivity index (χ0n) is 25.3. The summed E-state index contributed by atoms with van der Waals surface area (Å²) in [6.45, 7) is 3.81. The first kappa shape index (κ1) is 45.7. The molecule has 1 aliphatic rings. The van der Waals surface area contributed by atoms with Crippen molar-refractivity contribution in [2.45, 2.75) is 51.9 Å². The minimum atomic E-state index is -0.630. The zero-order chi connectivity index (χ0) is 28.5. The van der Waals surface area contributed by atoms with Crippen molar-refractivity contribution in [2.75, 3.05) is 39.4 Å². The van der Waals surface area contributed by atoms with Gasteiger partial charge in [-0.05, 0) is 24.9 Å². The first-order valence-electron chi connectivity index (χ1n) is 13.1. The van der Waals surface area contributed by atoms with E-state index in [0.29, 0.717) is 50.3 Å². The number of hydrogen-bond donors (Lipinski definition) is 1. The molecule has 1 atom stereocenters. The summed E-state index contributed by atoms with van der Waals surface area (Å²) in [6.07, 6.45) is 3.97. The zero-order valence-corrected chi connectivity index (χ0v) is 40.1. The number of imide groups is 1. The van der Waals surface area contributed by atoms with Gasteiger partial charge in [-0.15, -0.1) is 12.2 Å². The van der Waals surface area contributed by atoms with Crippen molar-refractivity contribution in [1.82, 2.24) is 10.2 Å². The second-order valence-corrected chi connectivity index (χ2v) is 9.18. The molecule has 1 heterocycles. The molecule has 1 unspecified atom stereocenters. The summed E-state index contributed by atoms with van der Waals surface area (Å²) >= 11 is 0. The van der Waals surface area contributed by atoms with Gasteiger partial charge >= 0.3 is 175 Å². The van der Waals surface area contributed by atoms with Gasteiger partial charge in [0.05, 0.1) is 18.2 Å².